The van der Waals surface area contributed by atoms with E-state index in [-0.39, 0.29) is 17.0 Å². The van der Waals surface area contributed by atoms with E-state index in [0.29, 0.717) is 18.9 Å². The van der Waals surface area contributed by atoms with E-state index >= 15 is 0 Å². The van der Waals surface area contributed by atoms with Crippen LogP contribution in [0.4, 0.5) is 0 Å². The molecule has 0 saturated carbocycles. The number of hydrogen-bond acceptors (Lipinski definition) is 6. The van der Waals surface area contributed by atoms with Gasteiger partial charge in [0.25, 0.3) is 5.89 Å². The van der Waals surface area contributed by atoms with E-state index in [0.717, 1.165) is 11.3 Å². The van der Waals surface area contributed by atoms with Crippen LogP contribution in [0.25, 0.3) is 17.3 Å². The standard InChI is InChI=1S/C16H16N4O3/c1-11-3-5-12(6-4-11)20-9-7-13(21)15(18-20)16-17-14(19-23-16)8-10-22-2/h3-7,9H,8,10H2,1-2H3. The van der Waals surface area contributed by atoms with Gasteiger partial charge in [0.05, 0.1) is 12.3 Å². The van der Waals surface area contributed by atoms with Crippen LogP contribution in [0.1, 0.15) is 11.4 Å². The van der Waals surface area contributed by atoms with Gasteiger partial charge in [0.15, 0.2) is 11.5 Å². The van der Waals surface area contributed by atoms with E-state index in [2.05, 4.69) is 15.2 Å². The molecule has 2 heterocycles. The molecule has 0 unspecified atom stereocenters. The van der Waals surface area contributed by atoms with Crippen LogP contribution in [0.5, 0.6) is 0 Å². The fraction of sp³-hybridized carbons (Fsp3) is 0.250. The zero-order chi connectivity index (χ0) is 16.2. The maximum atomic E-state index is 12.1. The molecule has 0 amide bonds. The van der Waals surface area contributed by atoms with Crippen LogP contribution in [-0.2, 0) is 11.2 Å². The van der Waals surface area contributed by atoms with Crippen LogP contribution in [0, 0.1) is 6.92 Å². The van der Waals surface area contributed by atoms with Crippen LogP contribution >= 0.6 is 0 Å². The van der Waals surface area contributed by atoms with Gasteiger partial charge in [0, 0.05) is 25.8 Å². The Balaban J connectivity index is 1.96. The summed E-state index contributed by atoms with van der Waals surface area (Å²) in [4.78, 5) is 16.2. The summed E-state index contributed by atoms with van der Waals surface area (Å²) in [6, 6.07) is 9.23. The van der Waals surface area contributed by atoms with E-state index < -0.39 is 0 Å². The van der Waals surface area contributed by atoms with Crippen molar-refractivity contribution in [3.05, 3.63) is 58.1 Å². The third kappa shape index (κ3) is 3.35. The van der Waals surface area contributed by atoms with Crippen molar-refractivity contribution in [1.29, 1.82) is 0 Å². The molecule has 7 heteroatoms. The number of benzene rings is 1. The van der Waals surface area contributed by atoms with Gasteiger partial charge in [-0.15, -0.1) is 0 Å². The maximum Gasteiger partial charge on any atom is 0.282 e. The molecule has 0 aliphatic rings. The van der Waals surface area contributed by atoms with Crippen LogP contribution in [0.15, 0.2) is 45.8 Å². The molecule has 0 spiro atoms. The second-order valence-electron chi connectivity index (χ2n) is 5.07. The Bertz CT molecular complexity index is 852. The number of ether oxygens (including phenoxy) is 1. The second-order valence-corrected chi connectivity index (χ2v) is 5.07. The Hall–Kier alpha value is -2.80. The van der Waals surface area contributed by atoms with Crippen molar-refractivity contribution in [3.8, 4) is 17.3 Å². The summed E-state index contributed by atoms with van der Waals surface area (Å²) in [6.07, 6.45) is 2.12. The molecule has 118 valence electrons. The fourth-order valence-corrected chi connectivity index (χ4v) is 2.04. The van der Waals surface area contributed by atoms with E-state index in [1.165, 1.54) is 6.07 Å². The largest absolute Gasteiger partial charge is 0.384 e. The molecule has 3 rings (SSSR count). The van der Waals surface area contributed by atoms with Gasteiger partial charge in [-0.1, -0.05) is 22.9 Å². The highest BCUT2D eigenvalue weighted by Gasteiger charge is 2.14. The van der Waals surface area contributed by atoms with Gasteiger partial charge >= 0.3 is 0 Å². The summed E-state index contributed by atoms with van der Waals surface area (Å²) >= 11 is 0. The predicted molar refractivity (Wildman–Crippen MR) is 83.4 cm³/mol. The average molecular weight is 312 g/mol. The van der Waals surface area contributed by atoms with Gasteiger partial charge in [0.2, 0.25) is 5.43 Å². The van der Waals surface area contributed by atoms with Crippen LogP contribution in [0.2, 0.25) is 0 Å². The lowest BCUT2D eigenvalue weighted by Gasteiger charge is -2.05. The summed E-state index contributed by atoms with van der Waals surface area (Å²) in [7, 11) is 1.60. The van der Waals surface area contributed by atoms with Gasteiger partial charge in [0.1, 0.15) is 0 Å². The Morgan fingerprint density at radius 1 is 1.22 bits per heavy atom. The van der Waals surface area contributed by atoms with Crippen molar-refractivity contribution in [2.75, 3.05) is 13.7 Å². The maximum absolute atomic E-state index is 12.1. The molecule has 0 radical (unpaired) electrons. The van der Waals surface area contributed by atoms with Gasteiger partial charge < -0.3 is 9.26 Å². The lowest BCUT2D eigenvalue weighted by molar-refractivity contribution is 0.199. The van der Waals surface area contributed by atoms with Crippen LogP contribution in [0.3, 0.4) is 0 Å². The Morgan fingerprint density at radius 3 is 2.74 bits per heavy atom. The van der Waals surface area contributed by atoms with Crippen molar-refractivity contribution >= 4 is 0 Å². The van der Waals surface area contributed by atoms with Gasteiger partial charge in [-0.05, 0) is 19.1 Å². The van der Waals surface area contributed by atoms with Crippen LogP contribution in [-0.4, -0.2) is 33.6 Å². The SMILES string of the molecule is COCCc1noc(-c2nn(-c3ccc(C)cc3)ccc2=O)n1. The molecule has 0 atom stereocenters. The number of rotatable bonds is 5. The van der Waals surface area contributed by atoms with E-state index in [1.54, 1.807) is 18.0 Å². The molecule has 0 saturated heterocycles. The molecule has 7 nitrogen and oxygen atoms in total. The first-order valence-electron chi connectivity index (χ1n) is 7.16. The summed E-state index contributed by atoms with van der Waals surface area (Å²) in [6.45, 7) is 2.49. The molecule has 2 aromatic heterocycles. The monoisotopic (exact) mass is 312 g/mol. The van der Waals surface area contributed by atoms with Crippen LogP contribution < -0.4 is 5.43 Å². The first-order valence-corrected chi connectivity index (χ1v) is 7.16. The van der Waals surface area contributed by atoms with Crippen molar-refractivity contribution in [2.45, 2.75) is 13.3 Å². The molecule has 23 heavy (non-hydrogen) atoms. The summed E-state index contributed by atoms with van der Waals surface area (Å²) in [5.74, 6) is 0.594. The highest BCUT2D eigenvalue weighted by Crippen LogP contribution is 2.13. The minimum atomic E-state index is -0.268. The highest BCUT2D eigenvalue weighted by molar-refractivity contribution is 5.46. The summed E-state index contributed by atoms with van der Waals surface area (Å²) < 4.78 is 11.7. The molecule has 3 aromatic rings. The number of aryl methyl sites for hydroxylation is 1. The number of hydrogen-bond donors (Lipinski definition) is 0. The van der Waals surface area contributed by atoms with E-state index in [1.807, 2.05) is 31.2 Å². The zero-order valence-corrected chi connectivity index (χ0v) is 12.9. The van der Waals surface area contributed by atoms with Crippen molar-refractivity contribution in [3.63, 3.8) is 0 Å². The minimum Gasteiger partial charge on any atom is -0.384 e. The Labute approximate surface area is 132 Å². The Morgan fingerprint density at radius 2 is 2.00 bits per heavy atom. The molecule has 1 aromatic carbocycles. The molecule has 0 fully saturated rings. The molecule has 0 bridgehead atoms. The van der Waals surface area contributed by atoms with E-state index in [4.69, 9.17) is 9.26 Å². The second kappa shape index (κ2) is 6.53. The molecule has 0 N–H and O–H groups in total. The summed E-state index contributed by atoms with van der Waals surface area (Å²) in [5.41, 5.74) is 1.85. The summed E-state index contributed by atoms with van der Waals surface area (Å²) in [5, 5.41) is 8.14. The van der Waals surface area contributed by atoms with Gasteiger partial charge in [-0.2, -0.15) is 10.1 Å². The third-order valence-electron chi connectivity index (χ3n) is 3.31. The van der Waals surface area contributed by atoms with E-state index in [9.17, 15) is 4.79 Å². The highest BCUT2D eigenvalue weighted by atomic mass is 16.5. The number of aromatic nitrogens is 4. The minimum absolute atomic E-state index is 0.113. The molecule has 0 aliphatic heterocycles. The first-order chi connectivity index (χ1) is 11.2. The Kier molecular flexibility index (Phi) is 4.29. The van der Waals surface area contributed by atoms with Crippen molar-refractivity contribution in [1.82, 2.24) is 19.9 Å². The first kappa shape index (κ1) is 15.1. The molecular weight excluding hydrogens is 296 g/mol. The lowest BCUT2D eigenvalue weighted by atomic mass is 10.2. The van der Waals surface area contributed by atoms with Gasteiger partial charge in [-0.25, -0.2) is 4.68 Å². The number of methoxy groups -OCH3 is 1. The quantitative estimate of drug-likeness (QED) is 0.714. The lowest BCUT2D eigenvalue weighted by Crippen LogP contribution is -2.12. The molecular formula is C16H16N4O3. The normalized spacial score (nSPS) is 10.9. The average Bonchev–Trinajstić information content (AvgIpc) is 3.03. The van der Waals surface area contributed by atoms with Crippen molar-refractivity contribution < 1.29 is 9.26 Å². The smallest absolute Gasteiger partial charge is 0.282 e. The predicted octanol–water partition coefficient (Wildman–Crippen LogP) is 1.78. The molecule has 0 aliphatic carbocycles. The van der Waals surface area contributed by atoms with Gasteiger partial charge in [-0.3, -0.25) is 4.79 Å². The third-order valence-corrected chi connectivity index (χ3v) is 3.31. The fourth-order valence-electron chi connectivity index (χ4n) is 2.04. The van der Waals surface area contributed by atoms with Crippen molar-refractivity contribution in [2.24, 2.45) is 0 Å². The topological polar surface area (TPSA) is 83.0 Å². The zero-order valence-electron chi connectivity index (χ0n) is 12.9. The number of nitrogens with zero attached hydrogens (tertiary/aromatic N) is 4.